The van der Waals surface area contributed by atoms with Crippen LogP contribution < -0.4 is 5.73 Å². The van der Waals surface area contributed by atoms with Gasteiger partial charge in [-0.1, -0.05) is 6.92 Å². The molecule has 2 aromatic rings. The Hall–Kier alpha value is -1.56. The summed E-state index contributed by atoms with van der Waals surface area (Å²) < 4.78 is 4.06. The van der Waals surface area contributed by atoms with Crippen LogP contribution in [0.2, 0.25) is 0 Å². The lowest BCUT2D eigenvalue weighted by Gasteiger charge is -2.30. The molecule has 0 radical (unpaired) electrons. The van der Waals surface area contributed by atoms with Gasteiger partial charge in [-0.15, -0.1) is 0 Å². The summed E-state index contributed by atoms with van der Waals surface area (Å²) >= 11 is 0. The van der Waals surface area contributed by atoms with E-state index in [1.807, 2.05) is 11.7 Å². The number of fused-ring (bicyclic) bond motifs is 1. The molecule has 0 spiro atoms. The van der Waals surface area contributed by atoms with Crippen molar-refractivity contribution in [1.82, 2.24) is 24.2 Å². The highest BCUT2D eigenvalue weighted by molar-refractivity contribution is 5.77. The third kappa shape index (κ3) is 2.18. The summed E-state index contributed by atoms with van der Waals surface area (Å²) in [4.78, 5) is 6.94. The number of anilines is 1. The van der Waals surface area contributed by atoms with Gasteiger partial charge in [0.2, 0.25) is 5.95 Å². The van der Waals surface area contributed by atoms with Crippen LogP contribution in [0.3, 0.4) is 0 Å². The second-order valence-electron chi connectivity index (χ2n) is 5.95. The number of piperidine rings is 1. The Morgan fingerprint density at radius 2 is 2.15 bits per heavy atom. The van der Waals surface area contributed by atoms with Gasteiger partial charge in [0.1, 0.15) is 5.52 Å². The van der Waals surface area contributed by atoms with Gasteiger partial charge in [-0.05, 0) is 38.8 Å². The number of imidazole rings is 1. The van der Waals surface area contributed by atoms with Crippen molar-refractivity contribution in [3.8, 4) is 0 Å². The van der Waals surface area contributed by atoms with Crippen LogP contribution in [0, 0.1) is 5.92 Å². The fourth-order valence-electron chi connectivity index (χ4n) is 3.36. The van der Waals surface area contributed by atoms with Gasteiger partial charge < -0.3 is 10.6 Å². The molecular formula is C14H24N6. The molecule has 0 aliphatic carbocycles. The zero-order chi connectivity index (χ0) is 14.3. The first-order chi connectivity index (χ1) is 9.60. The normalized spacial score (nSPS) is 20.9. The summed E-state index contributed by atoms with van der Waals surface area (Å²) in [6, 6.07) is 0. The van der Waals surface area contributed by atoms with Crippen LogP contribution in [0.15, 0.2) is 0 Å². The van der Waals surface area contributed by atoms with Crippen molar-refractivity contribution in [2.24, 2.45) is 13.0 Å². The van der Waals surface area contributed by atoms with Crippen molar-refractivity contribution < 1.29 is 0 Å². The monoisotopic (exact) mass is 276 g/mol. The highest BCUT2D eigenvalue weighted by atomic mass is 15.3. The maximum Gasteiger partial charge on any atom is 0.202 e. The van der Waals surface area contributed by atoms with Crippen molar-refractivity contribution in [3.63, 3.8) is 0 Å². The number of rotatable bonds is 3. The molecule has 2 N–H and O–H groups in total. The second kappa shape index (κ2) is 5.09. The minimum atomic E-state index is 0.621. The van der Waals surface area contributed by atoms with Gasteiger partial charge in [0, 0.05) is 20.1 Å². The van der Waals surface area contributed by atoms with Gasteiger partial charge in [0.05, 0.1) is 5.69 Å². The van der Waals surface area contributed by atoms with E-state index < -0.39 is 0 Å². The molecule has 0 saturated carbocycles. The quantitative estimate of drug-likeness (QED) is 0.916. The topological polar surface area (TPSA) is 64.9 Å². The van der Waals surface area contributed by atoms with Crippen molar-refractivity contribution >= 4 is 17.1 Å². The summed E-state index contributed by atoms with van der Waals surface area (Å²) in [5.74, 6) is 1.27. The number of hydrogen-bond donors (Lipinski definition) is 1. The lowest BCUT2D eigenvalue weighted by molar-refractivity contribution is 0.196. The number of hydrogen-bond acceptors (Lipinski definition) is 4. The van der Waals surface area contributed by atoms with E-state index in [0.717, 1.165) is 36.4 Å². The molecule has 1 aliphatic rings. The highest BCUT2D eigenvalue weighted by Gasteiger charge is 2.22. The lowest BCUT2D eigenvalue weighted by atomic mass is 9.98. The minimum absolute atomic E-state index is 0.621. The number of nitrogens with zero attached hydrogens (tertiary/aromatic N) is 5. The van der Waals surface area contributed by atoms with Gasteiger partial charge in [-0.2, -0.15) is 5.10 Å². The summed E-state index contributed by atoms with van der Waals surface area (Å²) in [6.07, 6.45) is 3.42. The van der Waals surface area contributed by atoms with Crippen molar-refractivity contribution in [1.29, 1.82) is 0 Å². The summed E-state index contributed by atoms with van der Waals surface area (Å²) in [6.45, 7) is 5.39. The van der Waals surface area contributed by atoms with Gasteiger partial charge in [-0.25, -0.2) is 4.98 Å². The average molecular weight is 276 g/mol. The summed E-state index contributed by atoms with van der Waals surface area (Å²) in [5.41, 5.74) is 9.21. The highest BCUT2D eigenvalue weighted by Crippen LogP contribution is 2.25. The van der Waals surface area contributed by atoms with Crippen LogP contribution in [0.25, 0.3) is 11.2 Å². The minimum Gasteiger partial charge on any atom is -0.369 e. The Bertz CT molecular complexity index is 611. The molecule has 6 nitrogen and oxygen atoms in total. The third-order valence-corrected chi connectivity index (χ3v) is 4.32. The lowest BCUT2D eigenvalue weighted by Crippen LogP contribution is -2.34. The van der Waals surface area contributed by atoms with Crippen LogP contribution in [0.4, 0.5) is 5.95 Å². The van der Waals surface area contributed by atoms with Crippen LogP contribution in [-0.2, 0) is 20.0 Å². The molecule has 2 aromatic heterocycles. The summed E-state index contributed by atoms with van der Waals surface area (Å²) in [7, 11) is 4.17. The largest absolute Gasteiger partial charge is 0.369 e. The van der Waals surface area contributed by atoms with Crippen LogP contribution in [-0.4, -0.2) is 44.4 Å². The predicted octanol–water partition coefficient (Wildman–Crippen LogP) is 1.26. The number of aryl methyl sites for hydroxylation is 2. The van der Waals surface area contributed by atoms with Crippen molar-refractivity contribution in [3.05, 3.63) is 5.69 Å². The molecule has 0 amide bonds. The van der Waals surface area contributed by atoms with E-state index in [0.29, 0.717) is 11.9 Å². The van der Waals surface area contributed by atoms with Gasteiger partial charge in [-0.3, -0.25) is 9.25 Å². The fourth-order valence-corrected chi connectivity index (χ4v) is 3.36. The Balaban J connectivity index is 1.94. The van der Waals surface area contributed by atoms with E-state index in [1.165, 1.54) is 19.4 Å². The maximum absolute atomic E-state index is 6.14. The number of aromatic nitrogens is 4. The van der Waals surface area contributed by atoms with Crippen molar-refractivity contribution in [2.45, 2.75) is 32.7 Å². The van der Waals surface area contributed by atoms with E-state index >= 15 is 0 Å². The smallest absolute Gasteiger partial charge is 0.202 e. The summed E-state index contributed by atoms with van der Waals surface area (Å²) in [5, 5.41) is 4.55. The van der Waals surface area contributed by atoms with E-state index in [2.05, 4.69) is 33.5 Å². The van der Waals surface area contributed by atoms with E-state index in [4.69, 9.17) is 5.73 Å². The number of nitrogen functional groups attached to an aromatic ring is 1. The maximum atomic E-state index is 6.14. The Morgan fingerprint density at radius 3 is 2.85 bits per heavy atom. The molecular weight excluding hydrogens is 252 g/mol. The Labute approximate surface area is 119 Å². The second-order valence-corrected chi connectivity index (χ2v) is 5.95. The molecule has 1 atom stereocenters. The van der Waals surface area contributed by atoms with E-state index in [1.54, 1.807) is 0 Å². The van der Waals surface area contributed by atoms with Gasteiger partial charge >= 0.3 is 0 Å². The Kier molecular flexibility index (Phi) is 3.41. The standard InChI is InChI=1S/C14H24N6/c1-4-11-12-13(19(3)17-11)20(14(15)16-12)9-10-6-5-7-18(2)8-10/h10H,4-9H2,1-3H3,(H2,15,16). The third-order valence-electron chi connectivity index (χ3n) is 4.32. The van der Waals surface area contributed by atoms with Crippen LogP contribution in [0.5, 0.6) is 0 Å². The fraction of sp³-hybridized carbons (Fsp3) is 0.714. The molecule has 110 valence electrons. The SMILES string of the molecule is CCc1nn(C)c2c1nc(N)n2CC1CCCN(C)C1. The molecule has 6 heteroatoms. The number of likely N-dealkylation sites (tertiary alicyclic amines) is 1. The first-order valence-electron chi connectivity index (χ1n) is 7.46. The van der Waals surface area contributed by atoms with Gasteiger partial charge in [0.25, 0.3) is 0 Å². The van der Waals surface area contributed by atoms with Crippen molar-refractivity contribution in [2.75, 3.05) is 25.9 Å². The molecule has 1 saturated heterocycles. The molecule has 3 heterocycles. The molecule has 3 rings (SSSR count). The predicted molar refractivity (Wildman–Crippen MR) is 80.5 cm³/mol. The zero-order valence-electron chi connectivity index (χ0n) is 12.6. The molecule has 0 aromatic carbocycles. The first-order valence-corrected chi connectivity index (χ1v) is 7.46. The van der Waals surface area contributed by atoms with Gasteiger partial charge in [0.15, 0.2) is 5.65 Å². The van der Waals surface area contributed by atoms with Crippen LogP contribution in [0.1, 0.15) is 25.5 Å². The molecule has 20 heavy (non-hydrogen) atoms. The molecule has 1 fully saturated rings. The average Bonchev–Trinajstić information content (AvgIpc) is 2.88. The molecule has 0 bridgehead atoms. The number of nitrogens with two attached hydrogens (primary N) is 1. The molecule has 1 unspecified atom stereocenters. The first kappa shape index (κ1) is 13.4. The molecule has 1 aliphatic heterocycles. The zero-order valence-corrected chi connectivity index (χ0v) is 12.6. The van der Waals surface area contributed by atoms with Crippen LogP contribution >= 0.6 is 0 Å². The van der Waals surface area contributed by atoms with E-state index in [-0.39, 0.29) is 0 Å². The Morgan fingerprint density at radius 1 is 1.35 bits per heavy atom. The van der Waals surface area contributed by atoms with E-state index in [9.17, 15) is 0 Å².